The van der Waals surface area contributed by atoms with Crippen LogP contribution < -0.4 is 0 Å². The van der Waals surface area contributed by atoms with Crippen LogP contribution in [0.15, 0.2) is 24.3 Å². The Labute approximate surface area is 156 Å². The topological polar surface area (TPSA) is 51.2 Å². The SMILES string of the molecule is C=CC(=O)[C@@]12CC[C@H]3[C@H](CCC4=CC(=O)CC[C@@]43C)[C@@H]1CC[C@@H]2C(C)=O. The summed E-state index contributed by atoms with van der Waals surface area (Å²) in [5.41, 5.74) is 0.949. The lowest BCUT2D eigenvalue weighted by Gasteiger charge is -2.58. The lowest BCUT2D eigenvalue weighted by Crippen LogP contribution is -2.54. The van der Waals surface area contributed by atoms with Gasteiger partial charge in [0.15, 0.2) is 11.6 Å². The predicted octanol–water partition coefficient (Wildman–Crippen LogP) is 4.46. The molecule has 0 aliphatic heterocycles. The van der Waals surface area contributed by atoms with Crippen molar-refractivity contribution in [3.63, 3.8) is 0 Å². The summed E-state index contributed by atoms with van der Waals surface area (Å²) in [5.74, 6) is 1.76. The molecule has 0 aromatic rings. The first-order valence-corrected chi connectivity index (χ1v) is 10.3. The van der Waals surface area contributed by atoms with E-state index in [4.69, 9.17) is 0 Å². The van der Waals surface area contributed by atoms with Gasteiger partial charge in [-0.05, 0) is 87.2 Å². The Hall–Kier alpha value is -1.51. The second-order valence-corrected chi connectivity index (χ2v) is 9.36. The maximum atomic E-state index is 13.0. The summed E-state index contributed by atoms with van der Waals surface area (Å²) in [4.78, 5) is 37.3. The third-order valence-corrected chi connectivity index (χ3v) is 8.61. The van der Waals surface area contributed by atoms with Gasteiger partial charge in [0.2, 0.25) is 0 Å². The van der Waals surface area contributed by atoms with Gasteiger partial charge in [-0.1, -0.05) is 19.1 Å². The third-order valence-electron chi connectivity index (χ3n) is 8.61. The first-order valence-electron chi connectivity index (χ1n) is 10.3. The van der Waals surface area contributed by atoms with Crippen molar-refractivity contribution in [1.29, 1.82) is 0 Å². The monoisotopic (exact) mass is 354 g/mol. The molecule has 0 aromatic carbocycles. The van der Waals surface area contributed by atoms with Crippen LogP contribution >= 0.6 is 0 Å². The normalized spacial score (nSPS) is 44.4. The molecule has 4 aliphatic carbocycles. The molecule has 0 unspecified atom stereocenters. The molecule has 26 heavy (non-hydrogen) atoms. The van der Waals surface area contributed by atoms with Crippen LogP contribution in [-0.2, 0) is 14.4 Å². The Morgan fingerprint density at radius 1 is 1.12 bits per heavy atom. The highest BCUT2D eigenvalue weighted by atomic mass is 16.1. The van der Waals surface area contributed by atoms with E-state index in [-0.39, 0.29) is 28.7 Å². The van der Waals surface area contributed by atoms with Crippen LogP contribution in [0, 0.1) is 34.5 Å². The highest BCUT2D eigenvalue weighted by Crippen LogP contribution is 2.67. The van der Waals surface area contributed by atoms with Gasteiger partial charge in [-0.15, -0.1) is 0 Å². The molecule has 6 atom stereocenters. The molecule has 3 heteroatoms. The van der Waals surface area contributed by atoms with E-state index >= 15 is 0 Å². The van der Waals surface area contributed by atoms with E-state index in [1.807, 2.05) is 6.08 Å². The summed E-state index contributed by atoms with van der Waals surface area (Å²) < 4.78 is 0. The van der Waals surface area contributed by atoms with Gasteiger partial charge in [0.05, 0.1) is 0 Å². The fourth-order valence-corrected chi connectivity index (χ4v) is 7.47. The van der Waals surface area contributed by atoms with E-state index in [9.17, 15) is 14.4 Å². The molecule has 0 spiro atoms. The molecule has 0 radical (unpaired) electrons. The van der Waals surface area contributed by atoms with Crippen molar-refractivity contribution >= 4 is 17.3 Å². The van der Waals surface area contributed by atoms with Gasteiger partial charge in [-0.25, -0.2) is 0 Å². The Kier molecular flexibility index (Phi) is 4.13. The Morgan fingerprint density at radius 3 is 2.58 bits per heavy atom. The van der Waals surface area contributed by atoms with Crippen LogP contribution in [0.1, 0.15) is 65.2 Å². The number of carbonyl (C=O) groups is 3. The fourth-order valence-electron chi connectivity index (χ4n) is 7.47. The van der Waals surface area contributed by atoms with Crippen LogP contribution in [0.3, 0.4) is 0 Å². The minimum atomic E-state index is -0.503. The van der Waals surface area contributed by atoms with Crippen LogP contribution in [0.4, 0.5) is 0 Å². The maximum Gasteiger partial charge on any atom is 0.162 e. The smallest absolute Gasteiger partial charge is 0.162 e. The molecule has 0 aromatic heterocycles. The molecule has 4 rings (SSSR count). The molecule has 0 amide bonds. The minimum absolute atomic E-state index is 0.101. The van der Waals surface area contributed by atoms with E-state index in [1.54, 1.807) is 6.92 Å². The molecule has 3 nitrogen and oxygen atoms in total. The molecule has 0 N–H and O–H groups in total. The number of fused-ring (bicyclic) bond motifs is 5. The number of hydrogen-bond acceptors (Lipinski definition) is 3. The van der Waals surface area contributed by atoms with Crippen LogP contribution in [-0.4, -0.2) is 17.3 Å². The highest BCUT2D eigenvalue weighted by molar-refractivity contribution is 5.99. The van der Waals surface area contributed by atoms with E-state index in [1.165, 1.54) is 11.6 Å². The summed E-state index contributed by atoms with van der Waals surface area (Å²) in [6.45, 7) is 7.78. The van der Waals surface area contributed by atoms with Gasteiger partial charge in [0.1, 0.15) is 5.78 Å². The summed E-state index contributed by atoms with van der Waals surface area (Å²) in [6, 6.07) is 0. The zero-order valence-electron chi connectivity index (χ0n) is 16.1. The second kappa shape index (κ2) is 6.00. The number of ketones is 3. The molecular formula is C23H30O3. The maximum absolute atomic E-state index is 13.0. The summed E-state index contributed by atoms with van der Waals surface area (Å²) in [6.07, 6.45) is 10.7. The van der Waals surface area contributed by atoms with Crippen LogP contribution in [0.5, 0.6) is 0 Å². The Morgan fingerprint density at radius 2 is 1.88 bits per heavy atom. The van der Waals surface area contributed by atoms with Gasteiger partial charge in [-0.2, -0.15) is 0 Å². The van der Waals surface area contributed by atoms with Gasteiger partial charge in [0, 0.05) is 17.8 Å². The molecule has 3 fully saturated rings. The average Bonchev–Trinajstić information content (AvgIpc) is 3.02. The van der Waals surface area contributed by atoms with Crippen molar-refractivity contribution in [3.05, 3.63) is 24.3 Å². The van der Waals surface area contributed by atoms with E-state index < -0.39 is 5.41 Å². The molecule has 4 aliphatic rings. The molecule has 0 bridgehead atoms. The average molecular weight is 354 g/mol. The summed E-state index contributed by atoms with van der Waals surface area (Å²) in [5, 5.41) is 0. The van der Waals surface area contributed by atoms with Crippen molar-refractivity contribution in [2.45, 2.75) is 65.2 Å². The van der Waals surface area contributed by atoms with Gasteiger partial charge in [-0.3, -0.25) is 14.4 Å². The zero-order chi connectivity index (χ0) is 18.7. The van der Waals surface area contributed by atoms with E-state index in [0.717, 1.165) is 44.9 Å². The van der Waals surface area contributed by atoms with Crippen molar-refractivity contribution in [2.75, 3.05) is 0 Å². The van der Waals surface area contributed by atoms with Gasteiger partial charge >= 0.3 is 0 Å². The van der Waals surface area contributed by atoms with Crippen molar-refractivity contribution in [3.8, 4) is 0 Å². The minimum Gasteiger partial charge on any atom is -0.300 e. The number of allylic oxidation sites excluding steroid dienone is 2. The van der Waals surface area contributed by atoms with Crippen molar-refractivity contribution in [1.82, 2.24) is 0 Å². The van der Waals surface area contributed by atoms with Crippen molar-refractivity contribution in [2.24, 2.45) is 34.5 Å². The molecular weight excluding hydrogens is 324 g/mol. The standard InChI is InChI=1S/C23H30O3/c1-4-21(26)23-12-10-19-17(20(23)8-7-18(23)14(2)24)6-5-15-13-16(25)9-11-22(15,19)3/h4,13,17-20H,1,5-12H2,2-3H3/t17-,18+,19-,20-,22-,23+/m0/s1. The number of carbonyl (C=O) groups excluding carboxylic acids is 3. The summed E-state index contributed by atoms with van der Waals surface area (Å²) in [7, 11) is 0. The van der Waals surface area contributed by atoms with Crippen LogP contribution in [0.25, 0.3) is 0 Å². The first-order chi connectivity index (χ1) is 12.3. The number of hydrogen-bond donors (Lipinski definition) is 0. The van der Waals surface area contributed by atoms with E-state index in [0.29, 0.717) is 24.2 Å². The zero-order valence-corrected chi connectivity index (χ0v) is 16.1. The first kappa shape index (κ1) is 17.9. The van der Waals surface area contributed by atoms with Crippen molar-refractivity contribution < 1.29 is 14.4 Å². The Bertz CT molecular complexity index is 717. The highest BCUT2D eigenvalue weighted by Gasteiger charge is 2.63. The van der Waals surface area contributed by atoms with Gasteiger partial charge < -0.3 is 0 Å². The number of Topliss-reactive ketones (excluding diaryl/α,β-unsaturated/α-hetero) is 1. The molecule has 3 saturated carbocycles. The van der Waals surface area contributed by atoms with E-state index in [2.05, 4.69) is 13.5 Å². The largest absolute Gasteiger partial charge is 0.300 e. The number of rotatable bonds is 3. The summed E-state index contributed by atoms with van der Waals surface area (Å²) >= 11 is 0. The fraction of sp³-hybridized carbons (Fsp3) is 0.696. The lowest BCUT2D eigenvalue weighted by atomic mass is 9.45. The molecule has 0 saturated heterocycles. The molecule has 0 heterocycles. The lowest BCUT2D eigenvalue weighted by molar-refractivity contribution is -0.145. The quantitative estimate of drug-likeness (QED) is 0.703. The van der Waals surface area contributed by atoms with Crippen LogP contribution in [0.2, 0.25) is 0 Å². The third kappa shape index (κ3) is 2.21. The van der Waals surface area contributed by atoms with Gasteiger partial charge in [0.25, 0.3) is 0 Å². The Balaban J connectivity index is 1.74. The molecule has 140 valence electrons. The second-order valence-electron chi connectivity index (χ2n) is 9.36. The predicted molar refractivity (Wildman–Crippen MR) is 100 cm³/mol.